The second kappa shape index (κ2) is 9.10. The molecule has 17 heavy (non-hydrogen) atoms. The molecular formula is C13H22N2O2. The number of ether oxygens (including phenoxy) is 2. The molecule has 0 saturated heterocycles. The molecule has 4 nitrogen and oxygen atoms in total. The zero-order valence-corrected chi connectivity index (χ0v) is 10.7. The Balaban J connectivity index is 2.03. The van der Waals surface area contributed by atoms with Gasteiger partial charge in [-0.2, -0.15) is 0 Å². The summed E-state index contributed by atoms with van der Waals surface area (Å²) in [5, 5.41) is 3.37. The predicted molar refractivity (Wildman–Crippen MR) is 68.0 cm³/mol. The number of rotatable bonds is 9. The van der Waals surface area contributed by atoms with Gasteiger partial charge in [0, 0.05) is 39.1 Å². The molecule has 1 N–H and O–H groups in total. The quantitative estimate of drug-likeness (QED) is 0.666. The highest BCUT2D eigenvalue weighted by Crippen LogP contribution is 2.06. The van der Waals surface area contributed by atoms with Crippen molar-refractivity contribution in [3.05, 3.63) is 30.1 Å². The summed E-state index contributed by atoms with van der Waals surface area (Å²) >= 11 is 0. The molecule has 1 atom stereocenters. The Hall–Kier alpha value is -0.970. The van der Waals surface area contributed by atoms with Crippen LogP contribution in [0.2, 0.25) is 0 Å². The fourth-order valence-electron chi connectivity index (χ4n) is 1.49. The number of aromatic nitrogens is 1. The minimum atomic E-state index is 0.263. The van der Waals surface area contributed by atoms with Gasteiger partial charge in [-0.3, -0.25) is 4.98 Å². The molecule has 1 heterocycles. The fraction of sp³-hybridized carbons (Fsp3) is 0.615. The zero-order chi connectivity index (χ0) is 12.3. The van der Waals surface area contributed by atoms with E-state index in [2.05, 4.69) is 17.2 Å². The summed E-state index contributed by atoms with van der Waals surface area (Å²) in [6, 6.07) is 6.22. The summed E-state index contributed by atoms with van der Waals surface area (Å²) in [5.41, 5.74) is 1.06. The van der Waals surface area contributed by atoms with Crippen molar-refractivity contribution < 1.29 is 9.47 Å². The van der Waals surface area contributed by atoms with E-state index in [9.17, 15) is 0 Å². The van der Waals surface area contributed by atoms with Crippen LogP contribution in [0.15, 0.2) is 24.4 Å². The molecule has 0 aliphatic heterocycles. The topological polar surface area (TPSA) is 43.4 Å². The van der Waals surface area contributed by atoms with Crippen LogP contribution in [0.25, 0.3) is 0 Å². The highest BCUT2D eigenvalue weighted by molar-refractivity contribution is 5.07. The number of hydrogen-bond donors (Lipinski definition) is 1. The van der Waals surface area contributed by atoms with Crippen LogP contribution in [0.5, 0.6) is 0 Å². The van der Waals surface area contributed by atoms with Crippen molar-refractivity contribution >= 4 is 0 Å². The molecule has 0 fully saturated rings. The van der Waals surface area contributed by atoms with Crippen LogP contribution in [0, 0.1) is 0 Å². The van der Waals surface area contributed by atoms with Crippen LogP contribution in [0.1, 0.15) is 25.1 Å². The maximum atomic E-state index is 5.46. The normalized spacial score (nSPS) is 12.6. The van der Waals surface area contributed by atoms with E-state index in [1.807, 2.05) is 24.4 Å². The molecule has 0 spiro atoms. The van der Waals surface area contributed by atoms with Crippen LogP contribution < -0.4 is 5.32 Å². The first-order valence-corrected chi connectivity index (χ1v) is 6.05. The Morgan fingerprint density at radius 2 is 2.18 bits per heavy atom. The van der Waals surface area contributed by atoms with Crippen molar-refractivity contribution in [3.8, 4) is 0 Å². The molecule has 1 unspecified atom stereocenters. The van der Waals surface area contributed by atoms with E-state index in [0.29, 0.717) is 0 Å². The number of nitrogens with one attached hydrogen (secondary N) is 1. The van der Waals surface area contributed by atoms with Gasteiger partial charge in [0.25, 0.3) is 0 Å². The van der Waals surface area contributed by atoms with Crippen LogP contribution in [-0.4, -0.2) is 38.5 Å². The monoisotopic (exact) mass is 238 g/mol. The molecule has 0 bridgehead atoms. The molecule has 0 aromatic carbocycles. The highest BCUT2D eigenvalue weighted by atomic mass is 16.5. The van der Waals surface area contributed by atoms with Crippen LogP contribution in [0.4, 0.5) is 0 Å². The minimum Gasteiger partial charge on any atom is -0.385 e. The lowest BCUT2D eigenvalue weighted by Gasteiger charge is -2.13. The third kappa shape index (κ3) is 6.36. The SMILES string of the molecule is COCCCOCCNC(C)c1ccccn1. The second-order valence-corrected chi connectivity index (χ2v) is 3.89. The van der Waals surface area contributed by atoms with E-state index >= 15 is 0 Å². The van der Waals surface area contributed by atoms with E-state index in [-0.39, 0.29) is 6.04 Å². The molecule has 0 aliphatic carbocycles. The van der Waals surface area contributed by atoms with Crippen LogP contribution in [-0.2, 0) is 9.47 Å². The molecular weight excluding hydrogens is 216 g/mol. The first-order chi connectivity index (χ1) is 8.34. The lowest BCUT2D eigenvalue weighted by molar-refractivity contribution is 0.103. The fourth-order valence-corrected chi connectivity index (χ4v) is 1.49. The standard InChI is InChI=1S/C13H22N2O2/c1-12(13-6-3-4-7-15-13)14-8-11-17-10-5-9-16-2/h3-4,6-7,12,14H,5,8-11H2,1-2H3. The first-order valence-electron chi connectivity index (χ1n) is 6.05. The van der Waals surface area contributed by atoms with E-state index < -0.39 is 0 Å². The number of nitrogens with zero attached hydrogens (tertiary/aromatic N) is 1. The molecule has 0 amide bonds. The number of pyridine rings is 1. The smallest absolute Gasteiger partial charge is 0.0591 e. The lowest BCUT2D eigenvalue weighted by atomic mass is 10.2. The van der Waals surface area contributed by atoms with Gasteiger partial charge in [0.1, 0.15) is 0 Å². The van der Waals surface area contributed by atoms with Crippen molar-refractivity contribution in [2.24, 2.45) is 0 Å². The molecule has 0 aliphatic rings. The molecule has 1 aromatic heterocycles. The Labute approximate surface area is 103 Å². The summed E-state index contributed by atoms with van der Waals surface area (Å²) in [7, 11) is 1.70. The minimum absolute atomic E-state index is 0.263. The molecule has 96 valence electrons. The van der Waals surface area contributed by atoms with E-state index in [0.717, 1.165) is 38.5 Å². The van der Waals surface area contributed by atoms with Crippen molar-refractivity contribution in [2.45, 2.75) is 19.4 Å². The van der Waals surface area contributed by atoms with E-state index in [1.165, 1.54) is 0 Å². The van der Waals surface area contributed by atoms with Gasteiger partial charge in [0.15, 0.2) is 0 Å². The Morgan fingerprint density at radius 1 is 1.29 bits per heavy atom. The van der Waals surface area contributed by atoms with Gasteiger partial charge in [0.05, 0.1) is 12.3 Å². The molecule has 0 saturated carbocycles. The zero-order valence-electron chi connectivity index (χ0n) is 10.7. The van der Waals surface area contributed by atoms with Gasteiger partial charge >= 0.3 is 0 Å². The summed E-state index contributed by atoms with van der Waals surface area (Å²) < 4.78 is 10.4. The molecule has 0 radical (unpaired) electrons. The van der Waals surface area contributed by atoms with Crippen LogP contribution >= 0.6 is 0 Å². The third-order valence-electron chi connectivity index (χ3n) is 2.47. The summed E-state index contributed by atoms with van der Waals surface area (Å²) in [5.74, 6) is 0. The average Bonchev–Trinajstić information content (AvgIpc) is 2.38. The summed E-state index contributed by atoms with van der Waals surface area (Å²) in [6.07, 6.45) is 2.76. The molecule has 1 aromatic rings. The van der Waals surface area contributed by atoms with Crippen molar-refractivity contribution in [3.63, 3.8) is 0 Å². The van der Waals surface area contributed by atoms with Crippen molar-refractivity contribution in [2.75, 3.05) is 33.5 Å². The largest absolute Gasteiger partial charge is 0.385 e. The maximum absolute atomic E-state index is 5.46. The Morgan fingerprint density at radius 3 is 2.88 bits per heavy atom. The van der Waals surface area contributed by atoms with E-state index in [4.69, 9.17) is 9.47 Å². The van der Waals surface area contributed by atoms with Gasteiger partial charge in [-0.25, -0.2) is 0 Å². The average molecular weight is 238 g/mol. The van der Waals surface area contributed by atoms with Gasteiger partial charge in [-0.15, -0.1) is 0 Å². The Bertz CT molecular complexity index is 280. The third-order valence-corrected chi connectivity index (χ3v) is 2.47. The maximum Gasteiger partial charge on any atom is 0.0591 e. The molecule has 1 rings (SSSR count). The summed E-state index contributed by atoms with van der Waals surface area (Å²) in [6.45, 7) is 5.18. The number of hydrogen-bond acceptors (Lipinski definition) is 4. The van der Waals surface area contributed by atoms with Crippen molar-refractivity contribution in [1.82, 2.24) is 10.3 Å². The molecule has 4 heteroatoms. The Kier molecular flexibility index (Phi) is 7.54. The van der Waals surface area contributed by atoms with Gasteiger partial charge in [-0.1, -0.05) is 6.07 Å². The van der Waals surface area contributed by atoms with E-state index in [1.54, 1.807) is 7.11 Å². The number of methoxy groups -OCH3 is 1. The van der Waals surface area contributed by atoms with Gasteiger partial charge in [-0.05, 0) is 25.5 Å². The van der Waals surface area contributed by atoms with Gasteiger partial charge in [0.2, 0.25) is 0 Å². The van der Waals surface area contributed by atoms with Crippen molar-refractivity contribution in [1.29, 1.82) is 0 Å². The summed E-state index contributed by atoms with van der Waals surface area (Å²) in [4.78, 5) is 4.30. The first kappa shape index (κ1) is 14.1. The highest BCUT2D eigenvalue weighted by Gasteiger charge is 2.03. The van der Waals surface area contributed by atoms with Gasteiger partial charge < -0.3 is 14.8 Å². The second-order valence-electron chi connectivity index (χ2n) is 3.89. The predicted octanol–water partition coefficient (Wildman–Crippen LogP) is 1.79. The van der Waals surface area contributed by atoms with Crippen LogP contribution in [0.3, 0.4) is 0 Å². The lowest BCUT2D eigenvalue weighted by Crippen LogP contribution is -2.24.